The van der Waals surface area contributed by atoms with Crippen molar-refractivity contribution in [1.82, 2.24) is 5.32 Å². The molecular formula is C19H30N2. The van der Waals surface area contributed by atoms with Crippen molar-refractivity contribution in [2.24, 2.45) is 4.99 Å². The van der Waals surface area contributed by atoms with Gasteiger partial charge in [0.25, 0.3) is 0 Å². The highest BCUT2D eigenvalue weighted by Gasteiger charge is 2.35. The van der Waals surface area contributed by atoms with Crippen LogP contribution in [0.1, 0.15) is 63.0 Å². The van der Waals surface area contributed by atoms with Crippen LogP contribution < -0.4 is 5.32 Å². The van der Waals surface area contributed by atoms with Crippen LogP contribution >= 0.6 is 0 Å². The Morgan fingerprint density at radius 2 is 2.00 bits per heavy atom. The van der Waals surface area contributed by atoms with Crippen LogP contribution in [0.5, 0.6) is 0 Å². The van der Waals surface area contributed by atoms with Crippen LogP contribution in [0.25, 0.3) is 0 Å². The molecule has 0 heterocycles. The molecule has 1 aromatic carbocycles. The fourth-order valence-electron chi connectivity index (χ4n) is 3.74. The molecule has 1 fully saturated rings. The molecule has 1 aliphatic carbocycles. The van der Waals surface area contributed by atoms with E-state index in [1.165, 1.54) is 56.1 Å². The standard InChI is InChI=1S/C19H30N2/c1-4-9-16-10-8-11-17(14-16)19(12-6-5-7-13-19)15-18(20-2)21-3/h8,10-11,14H,4-7,9,12-13,15H2,1-3H3,(H,20,21). The lowest BCUT2D eigenvalue weighted by Crippen LogP contribution is -2.35. The zero-order valence-electron chi connectivity index (χ0n) is 13.9. The summed E-state index contributed by atoms with van der Waals surface area (Å²) in [5.74, 6) is 1.14. The zero-order valence-corrected chi connectivity index (χ0v) is 13.9. The predicted molar refractivity (Wildman–Crippen MR) is 92.2 cm³/mol. The quantitative estimate of drug-likeness (QED) is 0.626. The molecule has 0 amide bonds. The Morgan fingerprint density at radius 1 is 1.24 bits per heavy atom. The van der Waals surface area contributed by atoms with Gasteiger partial charge in [0.15, 0.2) is 0 Å². The molecule has 0 atom stereocenters. The van der Waals surface area contributed by atoms with E-state index in [-0.39, 0.29) is 0 Å². The van der Waals surface area contributed by atoms with Gasteiger partial charge in [-0.1, -0.05) is 56.9 Å². The number of hydrogen-bond donors (Lipinski definition) is 1. The van der Waals surface area contributed by atoms with E-state index >= 15 is 0 Å². The average molecular weight is 286 g/mol. The first-order valence-electron chi connectivity index (χ1n) is 8.47. The normalized spacial score (nSPS) is 18.5. The van der Waals surface area contributed by atoms with E-state index in [1.807, 2.05) is 14.1 Å². The Kier molecular flexibility index (Phi) is 5.84. The third-order valence-corrected chi connectivity index (χ3v) is 4.95. The van der Waals surface area contributed by atoms with Crippen molar-refractivity contribution < 1.29 is 0 Å². The molecule has 2 nitrogen and oxygen atoms in total. The molecule has 0 aromatic heterocycles. The predicted octanol–water partition coefficient (Wildman–Crippen LogP) is 4.48. The topological polar surface area (TPSA) is 24.4 Å². The summed E-state index contributed by atoms with van der Waals surface area (Å²) in [4.78, 5) is 4.44. The summed E-state index contributed by atoms with van der Waals surface area (Å²) in [5, 5.41) is 3.28. The molecule has 0 bridgehead atoms. The molecule has 0 saturated heterocycles. The maximum absolute atomic E-state index is 4.44. The summed E-state index contributed by atoms with van der Waals surface area (Å²) < 4.78 is 0. The number of hydrogen-bond acceptors (Lipinski definition) is 1. The minimum atomic E-state index is 0.292. The van der Waals surface area contributed by atoms with Gasteiger partial charge in [-0.2, -0.15) is 0 Å². The summed E-state index contributed by atoms with van der Waals surface area (Å²) in [6.45, 7) is 2.26. The van der Waals surface area contributed by atoms with Crippen molar-refractivity contribution in [3.8, 4) is 0 Å². The van der Waals surface area contributed by atoms with Crippen molar-refractivity contribution in [3.63, 3.8) is 0 Å². The van der Waals surface area contributed by atoms with Gasteiger partial charge in [-0.05, 0) is 30.4 Å². The Labute approximate surface area is 130 Å². The highest BCUT2D eigenvalue weighted by molar-refractivity contribution is 5.83. The minimum absolute atomic E-state index is 0.292. The van der Waals surface area contributed by atoms with Gasteiger partial charge < -0.3 is 5.32 Å². The van der Waals surface area contributed by atoms with Gasteiger partial charge in [-0.3, -0.25) is 4.99 Å². The smallest absolute Gasteiger partial charge is 0.0965 e. The second-order valence-electron chi connectivity index (χ2n) is 6.39. The Hall–Kier alpha value is -1.31. The maximum Gasteiger partial charge on any atom is 0.0965 e. The lowest BCUT2D eigenvalue weighted by molar-refractivity contribution is 0.300. The first-order valence-corrected chi connectivity index (χ1v) is 8.47. The molecule has 1 saturated carbocycles. The van der Waals surface area contributed by atoms with Crippen LogP contribution in [0, 0.1) is 0 Å². The van der Waals surface area contributed by atoms with E-state index in [0.29, 0.717) is 5.41 Å². The molecule has 2 rings (SSSR count). The molecule has 0 spiro atoms. The molecule has 1 aliphatic rings. The summed E-state index contributed by atoms with van der Waals surface area (Å²) in [7, 11) is 3.89. The lowest BCUT2D eigenvalue weighted by Gasteiger charge is -2.38. The second kappa shape index (κ2) is 7.63. The molecule has 21 heavy (non-hydrogen) atoms. The Balaban J connectivity index is 2.32. The molecule has 116 valence electrons. The van der Waals surface area contributed by atoms with Crippen molar-refractivity contribution in [1.29, 1.82) is 0 Å². The Bertz CT molecular complexity index is 470. The van der Waals surface area contributed by atoms with Gasteiger partial charge in [0.1, 0.15) is 0 Å². The number of amidine groups is 1. The summed E-state index contributed by atoms with van der Waals surface area (Å²) in [5.41, 5.74) is 3.31. The van der Waals surface area contributed by atoms with Gasteiger partial charge in [-0.15, -0.1) is 0 Å². The van der Waals surface area contributed by atoms with Crippen LogP contribution in [0.2, 0.25) is 0 Å². The monoisotopic (exact) mass is 286 g/mol. The minimum Gasteiger partial charge on any atom is -0.377 e. The van der Waals surface area contributed by atoms with Crippen LogP contribution in [0.15, 0.2) is 29.3 Å². The number of benzene rings is 1. The summed E-state index contributed by atoms with van der Waals surface area (Å²) >= 11 is 0. The molecular weight excluding hydrogens is 256 g/mol. The number of nitrogens with zero attached hydrogens (tertiary/aromatic N) is 1. The SMILES string of the molecule is CCCc1cccc(C2(C/C(=N/C)NC)CCCCC2)c1. The molecule has 1 aromatic rings. The van der Waals surface area contributed by atoms with Gasteiger partial charge in [0.2, 0.25) is 0 Å². The van der Waals surface area contributed by atoms with Crippen LogP contribution in [-0.2, 0) is 11.8 Å². The first-order chi connectivity index (χ1) is 10.2. The van der Waals surface area contributed by atoms with Gasteiger partial charge in [0.05, 0.1) is 5.84 Å². The van der Waals surface area contributed by atoms with E-state index in [1.54, 1.807) is 0 Å². The van der Waals surface area contributed by atoms with Crippen LogP contribution in [0.4, 0.5) is 0 Å². The zero-order chi connectivity index (χ0) is 15.1. The maximum atomic E-state index is 4.44. The number of aliphatic imine (C=N–C) groups is 1. The molecule has 0 unspecified atom stereocenters. The van der Waals surface area contributed by atoms with Crippen molar-refractivity contribution in [2.75, 3.05) is 14.1 Å². The molecule has 0 radical (unpaired) electrons. The van der Waals surface area contributed by atoms with E-state index in [9.17, 15) is 0 Å². The van der Waals surface area contributed by atoms with E-state index in [2.05, 4.69) is 41.5 Å². The second-order valence-corrected chi connectivity index (χ2v) is 6.39. The highest BCUT2D eigenvalue weighted by Crippen LogP contribution is 2.42. The molecule has 2 heteroatoms. The van der Waals surface area contributed by atoms with E-state index in [0.717, 1.165) is 12.3 Å². The van der Waals surface area contributed by atoms with Gasteiger partial charge >= 0.3 is 0 Å². The largest absolute Gasteiger partial charge is 0.377 e. The van der Waals surface area contributed by atoms with E-state index in [4.69, 9.17) is 0 Å². The van der Waals surface area contributed by atoms with E-state index < -0.39 is 0 Å². The fraction of sp³-hybridized carbons (Fsp3) is 0.632. The lowest BCUT2D eigenvalue weighted by atomic mass is 9.67. The first kappa shape index (κ1) is 16.1. The third-order valence-electron chi connectivity index (χ3n) is 4.95. The van der Waals surface area contributed by atoms with Gasteiger partial charge in [0, 0.05) is 25.9 Å². The number of nitrogens with one attached hydrogen (secondary N) is 1. The van der Waals surface area contributed by atoms with Crippen molar-refractivity contribution in [2.45, 2.75) is 63.7 Å². The van der Waals surface area contributed by atoms with Crippen molar-refractivity contribution >= 4 is 5.84 Å². The average Bonchev–Trinajstić information content (AvgIpc) is 2.54. The number of rotatable bonds is 5. The number of aryl methyl sites for hydroxylation is 1. The van der Waals surface area contributed by atoms with Crippen LogP contribution in [0.3, 0.4) is 0 Å². The van der Waals surface area contributed by atoms with Gasteiger partial charge in [-0.25, -0.2) is 0 Å². The molecule has 0 aliphatic heterocycles. The van der Waals surface area contributed by atoms with Crippen LogP contribution in [-0.4, -0.2) is 19.9 Å². The summed E-state index contributed by atoms with van der Waals surface area (Å²) in [6.07, 6.45) is 10.1. The molecule has 1 N–H and O–H groups in total. The summed E-state index contributed by atoms with van der Waals surface area (Å²) in [6, 6.07) is 9.32. The highest BCUT2D eigenvalue weighted by atomic mass is 14.9. The van der Waals surface area contributed by atoms with Crippen molar-refractivity contribution in [3.05, 3.63) is 35.4 Å². The Morgan fingerprint density at radius 3 is 2.62 bits per heavy atom. The third kappa shape index (κ3) is 3.87. The fourth-order valence-corrected chi connectivity index (χ4v) is 3.74.